The predicted molar refractivity (Wildman–Crippen MR) is 104 cm³/mol. The van der Waals surface area contributed by atoms with Crippen molar-refractivity contribution in [3.63, 3.8) is 0 Å². The number of nitrogens with zero attached hydrogens (tertiary/aromatic N) is 4. The number of halogens is 2. The number of aromatic amines is 1. The molecule has 0 saturated carbocycles. The molecule has 1 aliphatic rings. The van der Waals surface area contributed by atoms with Gasteiger partial charge >= 0.3 is 0 Å². The average molecular weight is 462 g/mol. The largest absolute Gasteiger partial charge is 0.435 e. The number of benzene rings is 1. The fourth-order valence-corrected chi connectivity index (χ4v) is 5.06. The van der Waals surface area contributed by atoms with Crippen LogP contribution in [0.15, 0.2) is 33.5 Å². The highest BCUT2D eigenvalue weighted by molar-refractivity contribution is 9.10. The normalized spacial score (nSPS) is 16.5. The van der Waals surface area contributed by atoms with E-state index in [-0.39, 0.29) is 17.5 Å². The van der Waals surface area contributed by atoms with E-state index >= 15 is 0 Å². The molecule has 0 bridgehead atoms. The Kier molecular flexibility index (Phi) is 4.06. The molecule has 10 heteroatoms. The summed E-state index contributed by atoms with van der Waals surface area (Å²) in [4.78, 5) is 31.1. The zero-order valence-corrected chi connectivity index (χ0v) is 17.0. The first-order valence-corrected chi connectivity index (χ1v) is 10.1. The number of aromatic nitrogens is 4. The Balaban J connectivity index is 1.65. The Bertz CT molecular complexity index is 1220. The number of carbonyl (C=O) groups is 1. The fraction of sp³-hybridized carbons (Fsp3) is 0.222. The van der Waals surface area contributed by atoms with Crippen LogP contribution in [0.2, 0.25) is 0 Å². The van der Waals surface area contributed by atoms with Crippen LogP contribution < -0.4 is 0 Å². The van der Waals surface area contributed by atoms with Gasteiger partial charge in [0.1, 0.15) is 22.4 Å². The number of H-pyrrole nitrogens is 1. The van der Waals surface area contributed by atoms with E-state index in [1.165, 1.54) is 17.4 Å². The molecule has 0 saturated heterocycles. The minimum absolute atomic E-state index is 0.133. The van der Waals surface area contributed by atoms with Crippen molar-refractivity contribution < 1.29 is 13.6 Å². The van der Waals surface area contributed by atoms with Crippen LogP contribution in [0.5, 0.6) is 0 Å². The number of rotatable bonds is 2. The van der Waals surface area contributed by atoms with Gasteiger partial charge in [-0.25, -0.2) is 19.3 Å². The summed E-state index contributed by atoms with van der Waals surface area (Å²) >= 11 is 4.64. The van der Waals surface area contributed by atoms with E-state index < -0.39 is 6.04 Å². The first kappa shape index (κ1) is 17.5. The molecular formula is C18H13BrFN5O2S. The van der Waals surface area contributed by atoms with E-state index in [4.69, 9.17) is 4.42 Å². The molecule has 0 aliphatic carbocycles. The van der Waals surface area contributed by atoms with Crippen molar-refractivity contribution in [2.24, 2.45) is 0 Å². The number of carbonyl (C=O) groups excluding carboxylic acids is 1. The number of thiazole rings is 1. The summed E-state index contributed by atoms with van der Waals surface area (Å²) in [5.74, 6) is -0.171. The summed E-state index contributed by atoms with van der Waals surface area (Å²) in [6, 6.07) is 4.31. The molecule has 142 valence electrons. The molecule has 1 atom stereocenters. The maximum atomic E-state index is 14.2. The van der Waals surface area contributed by atoms with Crippen molar-refractivity contribution in [3.05, 3.63) is 63.0 Å². The average Bonchev–Trinajstić information content (AvgIpc) is 3.38. The van der Waals surface area contributed by atoms with E-state index in [9.17, 15) is 9.18 Å². The van der Waals surface area contributed by atoms with E-state index in [0.717, 1.165) is 10.4 Å². The number of hydrogen-bond donors (Lipinski definition) is 1. The lowest BCUT2D eigenvalue weighted by atomic mass is 10.0. The smallest absolute Gasteiger partial charge is 0.293 e. The Labute approximate surface area is 170 Å². The number of aryl methyl sites for hydroxylation is 1. The zero-order valence-electron chi connectivity index (χ0n) is 14.6. The third-order valence-corrected chi connectivity index (χ3v) is 6.30. The molecule has 5 rings (SSSR count). The SMILES string of the molecule is Cc1nc(Br)c(C(=O)N2CCc3[nH]cnc3[C@H]2c2nc3c(F)cccc3s2)o1. The molecule has 28 heavy (non-hydrogen) atoms. The second kappa shape index (κ2) is 6.49. The van der Waals surface area contributed by atoms with Gasteiger partial charge in [-0.3, -0.25) is 4.79 Å². The van der Waals surface area contributed by atoms with Crippen molar-refractivity contribution in [2.75, 3.05) is 6.54 Å². The van der Waals surface area contributed by atoms with Crippen LogP contribution in [0.3, 0.4) is 0 Å². The van der Waals surface area contributed by atoms with Gasteiger partial charge in [0.25, 0.3) is 5.91 Å². The lowest BCUT2D eigenvalue weighted by molar-refractivity contribution is 0.0655. The van der Waals surface area contributed by atoms with Gasteiger partial charge in [-0.15, -0.1) is 11.3 Å². The van der Waals surface area contributed by atoms with Gasteiger partial charge in [0, 0.05) is 25.6 Å². The fourth-order valence-electron chi connectivity index (χ4n) is 3.46. The molecular weight excluding hydrogens is 449 g/mol. The molecule has 0 unspecified atom stereocenters. The number of nitrogens with one attached hydrogen (secondary N) is 1. The van der Waals surface area contributed by atoms with Crippen molar-refractivity contribution in [3.8, 4) is 0 Å². The molecule has 1 amide bonds. The monoisotopic (exact) mass is 461 g/mol. The van der Waals surface area contributed by atoms with Gasteiger partial charge < -0.3 is 14.3 Å². The summed E-state index contributed by atoms with van der Waals surface area (Å²) < 4.78 is 20.8. The van der Waals surface area contributed by atoms with Crippen LogP contribution in [-0.2, 0) is 6.42 Å². The first-order chi connectivity index (χ1) is 13.5. The number of para-hydroxylation sites is 1. The standard InChI is InChI=1S/C18H13BrFN5O2S/c1-8-23-16(19)15(27-8)18(26)25-6-5-10-13(22-7-21-10)14(25)17-24-12-9(20)3-2-4-11(12)28-17/h2-4,7,14H,5-6H2,1H3,(H,21,22)/t14-/m0/s1. The number of hydrogen-bond acceptors (Lipinski definition) is 6. The number of imidazole rings is 1. The highest BCUT2D eigenvalue weighted by Gasteiger charge is 2.38. The van der Waals surface area contributed by atoms with Crippen LogP contribution in [0.25, 0.3) is 10.2 Å². The molecule has 3 aromatic heterocycles. The summed E-state index contributed by atoms with van der Waals surface area (Å²) in [5.41, 5.74) is 1.96. The Morgan fingerprint density at radius 2 is 2.29 bits per heavy atom. The van der Waals surface area contributed by atoms with Gasteiger partial charge in [-0.05, 0) is 28.1 Å². The van der Waals surface area contributed by atoms with Gasteiger partial charge in [0.05, 0.1) is 16.7 Å². The summed E-state index contributed by atoms with van der Waals surface area (Å²) in [6.45, 7) is 2.13. The number of amides is 1. The molecule has 7 nitrogen and oxygen atoms in total. The van der Waals surface area contributed by atoms with Crippen molar-refractivity contribution in [1.29, 1.82) is 0 Å². The van der Waals surface area contributed by atoms with E-state index in [2.05, 4.69) is 35.9 Å². The molecule has 0 radical (unpaired) electrons. The van der Waals surface area contributed by atoms with Gasteiger partial charge in [0.2, 0.25) is 5.76 Å². The van der Waals surface area contributed by atoms with E-state index in [0.29, 0.717) is 39.7 Å². The third-order valence-electron chi connectivity index (χ3n) is 4.69. The lowest BCUT2D eigenvalue weighted by Crippen LogP contribution is -2.40. The van der Waals surface area contributed by atoms with Crippen LogP contribution in [-0.4, -0.2) is 37.3 Å². The lowest BCUT2D eigenvalue weighted by Gasteiger charge is -2.33. The molecule has 4 heterocycles. The highest BCUT2D eigenvalue weighted by atomic mass is 79.9. The maximum absolute atomic E-state index is 14.2. The third kappa shape index (κ3) is 2.67. The second-order valence-corrected chi connectivity index (χ2v) is 8.22. The number of fused-ring (bicyclic) bond motifs is 2. The van der Waals surface area contributed by atoms with E-state index in [1.54, 1.807) is 24.2 Å². The minimum Gasteiger partial charge on any atom is -0.435 e. The van der Waals surface area contributed by atoms with E-state index in [1.807, 2.05) is 6.07 Å². The first-order valence-electron chi connectivity index (χ1n) is 8.54. The van der Waals surface area contributed by atoms with Crippen LogP contribution in [0, 0.1) is 12.7 Å². The maximum Gasteiger partial charge on any atom is 0.293 e. The van der Waals surface area contributed by atoms with Gasteiger partial charge in [0.15, 0.2) is 10.5 Å². The topological polar surface area (TPSA) is 87.9 Å². The highest BCUT2D eigenvalue weighted by Crippen LogP contribution is 2.39. The molecule has 1 aromatic carbocycles. The molecule has 0 fully saturated rings. The van der Waals surface area contributed by atoms with Crippen LogP contribution >= 0.6 is 27.3 Å². The zero-order chi connectivity index (χ0) is 19.4. The predicted octanol–water partition coefficient (Wildman–Crippen LogP) is 4.01. The summed E-state index contributed by atoms with van der Waals surface area (Å²) in [5, 5.41) is 0.605. The Morgan fingerprint density at radius 3 is 3.04 bits per heavy atom. The van der Waals surface area contributed by atoms with Crippen molar-refractivity contribution in [2.45, 2.75) is 19.4 Å². The molecule has 1 N–H and O–H groups in total. The Morgan fingerprint density at radius 1 is 1.43 bits per heavy atom. The minimum atomic E-state index is -0.531. The summed E-state index contributed by atoms with van der Waals surface area (Å²) in [6.07, 6.45) is 2.23. The van der Waals surface area contributed by atoms with Crippen molar-refractivity contribution >= 4 is 43.4 Å². The molecule has 0 spiro atoms. The molecule has 1 aliphatic heterocycles. The Hall–Kier alpha value is -2.59. The number of oxazole rings is 1. The second-order valence-electron chi connectivity index (χ2n) is 6.41. The van der Waals surface area contributed by atoms with Crippen molar-refractivity contribution in [1.82, 2.24) is 24.8 Å². The van der Waals surface area contributed by atoms with Crippen LogP contribution in [0.4, 0.5) is 4.39 Å². The summed E-state index contributed by atoms with van der Waals surface area (Å²) in [7, 11) is 0. The van der Waals surface area contributed by atoms with Gasteiger partial charge in [-0.1, -0.05) is 6.07 Å². The van der Waals surface area contributed by atoms with Gasteiger partial charge in [-0.2, -0.15) is 0 Å². The quantitative estimate of drug-likeness (QED) is 0.487. The molecule has 4 aromatic rings. The van der Waals surface area contributed by atoms with Crippen LogP contribution in [0.1, 0.15) is 38.9 Å².